The molecular weight excluding hydrogens is 294 g/mol. The van der Waals surface area contributed by atoms with Crippen molar-refractivity contribution in [2.24, 2.45) is 0 Å². The van der Waals surface area contributed by atoms with Crippen molar-refractivity contribution >= 4 is 16.9 Å². The van der Waals surface area contributed by atoms with Gasteiger partial charge in [-0.15, -0.1) is 10.2 Å². The molecule has 0 unspecified atom stereocenters. The van der Waals surface area contributed by atoms with E-state index in [1.807, 2.05) is 24.3 Å². The number of para-hydroxylation sites is 1. The zero-order valence-corrected chi connectivity index (χ0v) is 13.1. The monoisotopic (exact) mass is 315 g/mol. The van der Waals surface area contributed by atoms with Crippen molar-refractivity contribution in [3.8, 4) is 0 Å². The predicted octanol–water partition coefficient (Wildman–Crippen LogP) is 0.406. The van der Waals surface area contributed by atoms with E-state index in [-0.39, 0.29) is 12.3 Å². The molecule has 0 spiro atoms. The average Bonchev–Trinajstić information content (AvgIpc) is 2.59. The maximum Gasteiger partial charge on any atom is 0.227 e. The Kier molecular flexibility index (Phi) is 5.44. The summed E-state index contributed by atoms with van der Waals surface area (Å²) in [5, 5.41) is 11.0. The van der Waals surface area contributed by atoms with Crippen molar-refractivity contribution in [1.82, 2.24) is 25.4 Å². The molecule has 2 aromatic rings. The number of nitrogens with one attached hydrogen (secondary N) is 1. The van der Waals surface area contributed by atoms with Crippen LogP contribution in [0.1, 0.15) is 12.2 Å². The van der Waals surface area contributed by atoms with Gasteiger partial charge in [0.2, 0.25) is 5.91 Å². The van der Waals surface area contributed by atoms with E-state index in [0.717, 1.165) is 50.3 Å². The lowest BCUT2D eigenvalue weighted by atomic mass is 10.3. The first-order valence-electron chi connectivity index (χ1n) is 7.96. The van der Waals surface area contributed by atoms with Gasteiger partial charge in [-0.2, -0.15) is 0 Å². The number of fused-ring (bicyclic) bond motifs is 1. The fourth-order valence-corrected chi connectivity index (χ4v) is 2.55. The van der Waals surface area contributed by atoms with Gasteiger partial charge in [0.15, 0.2) is 5.82 Å². The molecule has 0 radical (unpaired) electrons. The highest BCUT2D eigenvalue weighted by atomic mass is 16.5. The molecule has 122 valence electrons. The van der Waals surface area contributed by atoms with Gasteiger partial charge < -0.3 is 10.1 Å². The Morgan fingerprint density at radius 1 is 1.17 bits per heavy atom. The van der Waals surface area contributed by atoms with Gasteiger partial charge in [0.1, 0.15) is 5.52 Å². The first-order chi connectivity index (χ1) is 11.3. The molecule has 3 rings (SSSR count). The van der Waals surface area contributed by atoms with Crippen molar-refractivity contribution in [2.75, 3.05) is 39.4 Å². The smallest absolute Gasteiger partial charge is 0.227 e. The summed E-state index contributed by atoms with van der Waals surface area (Å²) in [6.45, 7) is 5.21. The molecule has 1 aromatic carbocycles. The lowest BCUT2D eigenvalue weighted by molar-refractivity contribution is -0.120. The summed E-state index contributed by atoms with van der Waals surface area (Å²) in [4.78, 5) is 18.7. The summed E-state index contributed by atoms with van der Waals surface area (Å²) in [6.07, 6.45) is 1.10. The van der Waals surface area contributed by atoms with Gasteiger partial charge in [0.05, 0.1) is 25.2 Å². The van der Waals surface area contributed by atoms with Crippen molar-refractivity contribution in [3.05, 3.63) is 30.1 Å². The molecule has 23 heavy (non-hydrogen) atoms. The Morgan fingerprint density at radius 3 is 2.78 bits per heavy atom. The summed E-state index contributed by atoms with van der Waals surface area (Å²) >= 11 is 0. The Balaban J connectivity index is 1.41. The molecule has 1 amide bonds. The topological polar surface area (TPSA) is 80.2 Å². The van der Waals surface area contributed by atoms with Crippen LogP contribution < -0.4 is 5.32 Å². The number of ether oxygens (including phenoxy) is 1. The Morgan fingerprint density at radius 2 is 1.96 bits per heavy atom. The fraction of sp³-hybridized carbons (Fsp3) is 0.500. The second kappa shape index (κ2) is 7.94. The maximum absolute atomic E-state index is 11.9. The molecule has 0 bridgehead atoms. The minimum absolute atomic E-state index is 0.0657. The summed E-state index contributed by atoms with van der Waals surface area (Å²) < 4.78 is 5.31. The number of carbonyl (C=O) groups excluding carboxylic acids is 1. The van der Waals surface area contributed by atoms with E-state index in [9.17, 15) is 4.79 Å². The molecular formula is C16H21N5O2. The van der Waals surface area contributed by atoms with Crippen LogP contribution in [-0.4, -0.2) is 65.4 Å². The van der Waals surface area contributed by atoms with Crippen LogP contribution in [0, 0.1) is 0 Å². The third kappa shape index (κ3) is 4.67. The first-order valence-corrected chi connectivity index (χ1v) is 7.96. The Bertz CT molecular complexity index is 658. The highest BCUT2D eigenvalue weighted by Gasteiger charge is 2.10. The molecule has 1 fully saturated rings. The van der Waals surface area contributed by atoms with E-state index in [0.29, 0.717) is 12.4 Å². The van der Waals surface area contributed by atoms with Gasteiger partial charge in [0, 0.05) is 19.6 Å². The van der Waals surface area contributed by atoms with Crippen LogP contribution in [0.4, 0.5) is 0 Å². The second-order valence-corrected chi connectivity index (χ2v) is 5.55. The zero-order valence-electron chi connectivity index (χ0n) is 13.1. The maximum atomic E-state index is 11.9. The molecule has 1 N–H and O–H groups in total. The number of nitrogens with zero attached hydrogens (tertiary/aromatic N) is 4. The standard InChI is InChI=1S/C16H21N5O2/c22-16(17-6-3-7-21-8-10-23-11-9-21)12-15-18-13-4-1-2-5-14(13)19-20-15/h1-2,4-5H,3,6-12H2,(H,17,22). The number of rotatable bonds is 6. The van der Waals surface area contributed by atoms with Crippen LogP contribution in [0.5, 0.6) is 0 Å². The van der Waals surface area contributed by atoms with E-state index in [1.165, 1.54) is 0 Å². The largest absolute Gasteiger partial charge is 0.379 e. The lowest BCUT2D eigenvalue weighted by Crippen LogP contribution is -2.38. The van der Waals surface area contributed by atoms with Gasteiger partial charge >= 0.3 is 0 Å². The quantitative estimate of drug-likeness (QED) is 0.778. The molecule has 7 nitrogen and oxygen atoms in total. The average molecular weight is 315 g/mol. The summed E-state index contributed by atoms with van der Waals surface area (Å²) in [7, 11) is 0. The van der Waals surface area contributed by atoms with Gasteiger partial charge in [-0.05, 0) is 25.1 Å². The third-order valence-electron chi connectivity index (χ3n) is 3.80. The van der Waals surface area contributed by atoms with E-state index >= 15 is 0 Å². The second-order valence-electron chi connectivity index (χ2n) is 5.55. The molecule has 0 atom stereocenters. The van der Waals surface area contributed by atoms with Crippen molar-refractivity contribution < 1.29 is 9.53 Å². The molecule has 7 heteroatoms. The molecule has 0 aliphatic carbocycles. The van der Waals surface area contributed by atoms with Gasteiger partial charge in [-0.1, -0.05) is 12.1 Å². The summed E-state index contributed by atoms with van der Waals surface area (Å²) in [5.41, 5.74) is 1.50. The highest BCUT2D eigenvalue weighted by molar-refractivity contribution is 5.78. The number of hydrogen-bond donors (Lipinski definition) is 1. The molecule has 1 saturated heterocycles. The summed E-state index contributed by atoms with van der Waals surface area (Å²) in [6, 6.07) is 7.50. The van der Waals surface area contributed by atoms with Crippen LogP contribution >= 0.6 is 0 Å². The molecule has 0 saturated carbocycles. The van der Waals surface area contributed by atoms with Crippen molar-refractivity contribution in [3.63, 3.8) is 0 Å². The van der Waals surface area contributed by atoms with E-state index in [4.69, 9.17) is 4.74 Å². The number of hydrogen-bond acceptors (Lipinski definition) is 6. The number of benzene rings is 1. The predicted molar refractivity (Wildman–Crippen MR) is 85.9 cm³/mol. The summed E-state index contributed by atoms with van der Waals surface area (Å²) in [5.74, 6) is 0.387. The van der Waals surface area contributed by atoms with E-state index in [2.05, 4.69) is 25.4 Å². The van der Waals surface area contributed by atoms with Crippen LogP contribution in [0.15, 0.2) is 24.3 Å². The SMILES string of the molecule is O=C(Cc1nnc2ccccc2n1)NCCCN1CCOCC1. The Hall–Kier alpha value is -2.12. The van der Waals surface area contributed by atoms with E-state index < -0.39 is 0 Å². The van der Waals surface area contributed by atoms with Crippen molar-refractivity contribution in [1.29, 1.82) is 0 Å². The molecule has 1 aromatic heterocycles. The van der Waals surface area contributed by atoms with Gasteiger partial charge in [-0.3, -0.25) is 9.69 Å². The third-order valence-corrected chi connectivity index (χ3v) is 3.80. The Labute approximate surface area is 135 Å². The molecule has 2 heterocycles. The van der Waals surface area contributed by atoms with Crippen LogP contribution in [0.25, 0.3) is 11.0 Å². The molecule has 1 aliphatic rings. The van der Waals surface area contributed by atoms with Crippen LogP contribution in [0.3, 0.4) is 0 Å². The zero-order chi connectivity index (χ0) is 15.9. The van der Waals surface area contributed by atoms with Gasteiger partial charge in [0.25, 0.3) is 0 Å². The first kappa shape index (κ1) is 15.8. The van der Waals surface area contributed by atoms with Crippen LogP contribution in [0.2, 0.25) is 0 Å². The van der Waals surface area contributed by atoms with Crippen LogP contribution in [-0.2, 0) is 16.0 Å². The normalized spacial score (nSPS) is 15.7. The van der Waals surface area contributed by atoms with Crippen molar-refractivity contribution in [2.45, 2.75) is 12.8 Å². The molecule has 1 aliphatic heterocycles. The number of aromatic nitrogens is 3. The van der Waals surface area contributed by atoms with E-state index in [1.54, 1.807) is 0 Å². The minimum atomic E-state index is -0.0657. The lowest BCUT2D eigenvalue weighted by Gasteiger charge is -2.26. The fourth-order valence-electron chi connectivity index (χ4n) is 2.55. The number of amides is 1. The number of morpholine rings is 1. The number of carbonyl (C=O) groups is 1. The van der Waals surface area contributed by atoms with Gasteiger partial charge in [-0.25, -0.2) is 4.98 Å². The highest BCUT2D eigenvalue weighted by Crippen LogP contribution is 2.06. The minimum Gasteiger partial charge on any atom is -0.379 e.